The zero-order chi connectivity index (χ0) is 16.8. The molecule has 0 aliphatic heterocycles. The van der Waals surface area contributed by atoms with Crippen molar-refractivity contribution in [3.8, 4) is 0 Å². The first-order valence-electron chi connectivity index (χ1n) is 7.31. The zero-order valence-electron chi connectivity index (χ0n) is 12.7. The number of pyridine rings is 2. The number of hydrogen-bond donors (Lipinski definition) is 2. The Labute approximate surface area is 138 Å². The van der Waals surface area contributed by atoms with Crippen molar-refractivity contribution in [2.45, 2.75) is 0 Å². The smallest absolute Gasteiger partial charge is 0.255 e. The molecule has 0 fully saturated rings. The van der Waals surface area contributed by atoms with E-state index in [1.165, 1.54) is 0 Å². The van der Waals surface area contributed by atoms with Crippen molar-refractivity contribution in [3.63, 3.8) is 0 Å². The van der Waals surface area contributed by atoms with Crippen molar-refractivity contribution in [1.29, 1.82) is 0 Å². The van der Waals surface area contributed by atoms with Gasteiger partial charge < -0.3 is 10.6 Å². The molecule has 6 nitrogen and oxygen atoms in total. The molecule has 0 aliphatic rings. The van der Waals surface area contributed by atoms with Gasteiger partial charge in [0.2, 0.25) is 0 Å². The van der Waals surface area contributed by atoms with Crippen LogP contribution in [-0.4, -0.2) is 16.8 Å². The fraction of sp³-hybridized carbons (Fsp3) is 0. The second kappa shape index (κ2) is 7.15. The molecule has 0 spiro atoms. The SMILES string of the molecule is O=C(Nc1ccncc1)c1cccc(C(=O)Nc2cc[nH+]cc2)c1. The van der Waals surface area contributed by atoms with E-state index in [0.29, 0.717) is 22.5 Å². The highest BCUT2D eigenvalue weighted by Gasteiger charge is 2.11. The molecule has 1 aromatic carbocycles. The predicted molar refractivity (Wildman–Crippen MR) is 89.6 cm³/mol. The van der Waals surface area contributed by atoms with Gasteiger partial charge in [0.1, 0.15) is 0 Å². The minimum absolute atomic E-state index is 0.278. The normalized spacial score (nSPS) is 10.0. The molecule has 2 amide bonds. The summed E-state index contributed by atoms with van der Waals surface area (Å²) in [7, 11) is 0. The number of carbonyl (C=O) groups is 2. The van der Waals surface area contributed by atoms with Crippen LogP contribution < -0.4 is 15.6 Å². The number of amides is 2. The summed E-state index contributed by atoms with van der Waals surface area (Å²) in [6, 6.07) is 13.4. The van der Waals surface area contributed by atoms with Crippen LogP contribution >= 0.6 is 0 Å². The van der Waals surface area contributed by atoms with Crippen LogP contribution in [0.15, 0.2) is 73.3 Å². The average molecular weight is 319 g/mol. The monoisotopic (exact) mass is 319 g/mol. The summed E-state index contributed by atoms with van der Waals surface area (Å²) in [5.41, 5.74) is 2.13. The molecule has 24 heavy (non-hydrogen) atoms. The Morgan fingerprint density at radius 1 is 0.792 bits per heavy atom. The second-order valence-electron chi connectivity index (χ2n) is 5.01. The maximum absolute atomic E-state index is 12.3. The third-order valence-corrected chi connectivity index (χ3v) is 3.30. The summed E-state index contributed by atoms with van der Waals surface area (Å²) < 4.78 is 0. The molecule has 0 saturated heterocycles. The number of aromatic amines is 1. The largest absolute Gasteiger partial charge is 0.322 e. The maximum atomic E-state index is 12.3. The average Bonchev–Trinajstić information content (AvgIpc) is 2.63. The molecule has 0 aliphatic carbocycles. The highest BCUT2D eigenvalue weighted by Crippen LogP contribution is 2.12. The van der Waals surface area contributed by atoms with Gasteiger partial charge in [-0.25, -0.2) is 4.98 Å². The van der Waals surface area contributed by atoms with Crippen LogP contribution in [0, 0.1) is 0 Å². The fourth-order valence-electron chi connectivity index (χ4n) is 2.11. The Morgan fingerprint density at radius 2 is 1.33 bits per heavy atom. The summed E-state index contributed by atoms with van der Waals surface area (Å²) in [5, 5.41) is 5.53. The molecule has 0 unspecified atom stereocenters. The van der Waals surface area contributed by atoms with Gasteiger partial charge in [-0.2, -0.15) is 0 Å². The predicted octanol–water partition coefficient (Wildman–Crippen LogP) is 2.40. The van der Waals surface area contributed by atoms with Crippen molar-refractivity contribution in [3.05, 3.63) is 84.4 Å². The topological polar surface area (TPSA) is 85.2 Å². The van der Waals surface area contributed by atoms with Crippen molar-refractivity contribution in [2.24, 2.45) is 0 Å². The lowest BCUT2D eigenvalue weighted by Crippen LogP contribution is -2.16. The van der Waals surface area contributed by atoms with E-state index in [-0.39, 0.29) is 11.8 Å². The Kier molecular flexibility index (Phi) is 4.57. The van der Waals surface area contributed by atoms with Crippen molar-refractivity contribution < 1.29 is 14.6 Å². The van der Waals surface area contributed by atoms with Gasteiger partial charge in [0.15, 0.2) is 12.4 Å². The maximum Gasteiger partial charge on any atom is 0.255 e. The minimum Gasteiger partial charge on any atom is -0.322 e. The lowest BCUT2D eigenvalue weighted by molar-refractivity contribution is -0.377. The van der Waals surface area contributed by atoms with E-state index in [1.807, 2.05) is 0 Å². The lowest BCUT2D eigenvalue weighted by Gasteiger charge is -2.07. The third-order valence-electron chi connectivity index (χ3n) is 3.30. The number of anilines is 2. The van der Waals surface area contributed by atoms with E-state index in [9.17, 15) is 9.59 Å². The molecule has 0 saturated carbocycles. The quantitative estimate of drug-likeness (QED) is 0.774. The first kappa shape index (κ1) is 15.4. The van der Waals surface area contributed by atoms with Gasteiger partial charge in [-0.15, -0.1) is 0 Å². The highest BCUT2D eigenvalue weighted by molar-refractivity contribution is 6.08. The second-order valence-corrected chi connectivity index (χ2v) is 5.01. The summed E-state index contributed by atoms with van der Waals surface area (Å²) in [5.74, 6) is -0.565. The molecular weight excluding hydrogens is 304 g/mol. The number of carbonyl (C=O) groups excluding carboxylic acids is 2. The van der Waals surface area contributed by atoms with Gasteiger partial charge in [0.05, 0.1) is 5.69 Å². The molecule has 0 radical (unpaired) electrons. The van der Waals surface area contributed by atoms with Crippen molar-refractivity contribution in [2.75, 3.05) is 10.6 Å². The molecule has 2 aromatic heterocycles. The Balaban J connectivity index is 1.74. The van der Waals surface area contributed by atoms with Crippen LogP contribution in [0.4, 0.5) is 11.4 Å². The Bertz CT molecular complexity index is 782. The van der Waals surface area contributed by atoms with E-state index in [4.69, 9.17) is 0 Å². The summed E-state index contributed by atoms with van der Waals surface area (Å²) in [6.45, 7) is 0. The third kappa shape index (κ3) is 3.80. The van der Waals surface area contributed by atoms with Crippen LogP contribution in [-0.2, 0) is 0 Å². The molecule has 0 bridgehead atoms. The van der Waals surface area contributed by atoms with Crippen molar-refractivity contribution in [1.82, 2.24) is 4.98 Å². The number of hydrogen-bond acceptors (Lipinski definition) is 3. The molecule has 118 valence electrons. The Hall–Kier alpha value is -3.54. The Morgan fingerprint density at radius 3 is 1.92 bits per heavy atom. The van der Waals surface area contributed by atoms with E-state index in [0.717, 1.165) is 0 Å². The van der Waals surface area contributed by atoms with Gasteiger partial charge in [-0.05, 0) is 30.3 Å². The molecule has 3 rings (SSSR count). The van der Waals surface area contributed by atoms with Gasteiger partial charge in [0.25, 0.3) is 11.8 Å². The van der Waals surface area contributed by atoms with Crippen LogP contribution in [0.3, 0.4) is 0 Å². The van der Waals surface area contributed by atoms with Crippen molar-refractivity contribution >= 4 is 23.2 Å². The van der Waals surface area contributed by atoms with Crippen LogP contribution in [0.2, 0.25) is 0 Å². The van der Waals surface area contributed by atoms with E-state index >= 15 is 0 Å². The molecule has 3 aromatic rings. The highest BCUT2D eigenvalue weighted by atomic mass is 16.2. The summed E-state index contributed by atoms with van der Waals surface area (Å²) in [6.07, 6.45) is 6.62. The van der Waals surface area contributed by atoms with Gasteiger partial charge >= 0.3 is 0 Å². The molecule has 0 atom stereocenters. The lowest BCUT2D eigenvalue weighted by atomic mass is 10.1. The molecule has 2 heterocycles. The van der Waals surface area contributed by atoms with E-state index < -0.39 is 0 Å². The molecule has 6 heteroatoms. The number of H-pyrrole nitrogens is 1. The number of nitrogens with zero attached hydrogens (tertiary/aromatic N) is 1. The van der Waals surface area contributed by atoms with E-state index in [2.05, 4.69) is 20.6 Å². The first-order chi connectivity index (χ1) is 11.7. The van der Waals surface area contributed by atoms with Gasteiger partial charge in [0, 0.05) is 41.3 Å². The zero-order valence-corrected chi connectivity index (χ0v) is 12.7. The van der Waals surface area contributed by atoms with E-state index in [1.54, 1.807) is 73.3 Å². The number of aromatic nitrogens is 2. The van der Waals surface area contributed by atoms with Crippen LogP contribution in [0.25, 0.3) is 0 Å². The standard InChI is InChI=1S/C18H14N4O2/c23-17(21-15-4-8-19-9-5-15)13-2-1-3-14(12-13)18(24)22-16-6-10-20-11-7-16/h1-12H,(H,19,21,23)(H,20,22,24)/p+1. The van der Waals surface area contributed by atoms with Gasteiger partial charge in [-0.1, -0.05) is 6.07 Å². The number of nitrogens with one attached hydrogen (secondary N) is 3. The number of rotatable bonds is 4. The molecular formula is C18H15N4O2+. The fourth-order valence-corrected chi connectivity index (χ4v) is 2.11. The van der Waals surface area contributed by atoms with Gasteiger partial charge in [-0.3, -0.25) is 14.6 Å². The summed E-state index contributed by atoms with van der Waals surface area (Å²) in [4.78, 5) is 31.3. The molecule has 3 N–H and O–H groups in total. The van der Waals surface area contributed by atoms with Crippen LogP contribution in [0.1, 0.15) is 20.7 Å². The van der Waals surface area contributed by atoms with Crippen LogP contribution in [0.5, 0.6) is 0 Å². The minimum atomic E-state index is -0.287. The first-order valence-corrected chi connectivity index (χ1v) is 7.31. The summed E-state index contributed by atoms with van der Waals surface area (Å²) >= 11 is 0. The number of benzene rings is 1.